The molecule has 0 spiro atoms. The standard InChI is InChI=1S/C14H16BrClFNO/c15-7-6-14(4-5-14)9-18-13(19)8-10-11(16)2-1-3-12(10)17/h1-3H,4-9H2,(H,18,19). The van der Waals surface area contributed by atoms with Gasteiger partial charge in [0.2, 0.25) is 5.91 Å². The summed E-state index contributed by atoms with van der Waals surface area (Å²) in [4.78, 5) is 11.8. The van der Waals surface area contributed by atoms with Gasteiger partial charge in [0.05, 0.1) is 6.42 Å². The third kappa shape index (κ3) is 3.93. The Hall–Kier alpha value is -0.610. The lowest BCUT2D eigenvalue weighted by Gasteiger charge is -2.14. The third-order valence-corrected chi connectivity index (χ3v) is 4.39. The molecule has 1 saturated carbocycles. The van der Waals surface area contributed by atoms with Crippen molar-refractivity contribution in [2.45, 2.75) is 25.7 Å². The molecule has 5 heteroatoms. The average molecular weight is 349 g/mol. The van der Waals surface area contributed by atoms with Crippen molar-refractivity contribution in [3.05, 3.63) is 34.6 Å². The van der Waals surface area contributed by atoms with Crippen LogP contribution in [0.1, 0.15) is 24.8 Å². The maximum atomic E-state index is 13.5. The molecule has 0 radical (unpaired) electrons. The summed E-state index contributed by atoms with van der Waals surface area (Å²) in [5, 5.41) is 4.14. The molecule has 1 fully saturated rings. The molecule has 1 aliphatic carbocycles. The fourth-order valence-electron chi connectivity index (χ4n) is 2.10. The molecule has 104 valence electrons. The van der Waals surface area contributed by atoms with Gasteiger partial charge in [0.25, 0.3) is 0 Å². The Morgan fingerprint density at radius 2 is 2.21 bits per heavy atom. The van der Waals surface area contributed by atoms with E-state index in [1.807, 2.05) is 0 Å². The molecule has 0 atom stereocenters. The summed E-state index contributed by atoms with van der Waals surface area (Å²) in [6.07, 6.45) is 3.36. The lowest BCUT2D eigenvalue weighted by Crippen LogP contribution is -2.31. The van der Waals surface area contributed by atoms with Gasteiger partial charge in [-0.05, 0) is 36.8 Å². The highest BCUT2D eigenvalue weighted by atomic mass is 79.9. The third-order valence-electron chi connectivity index (χ3n) is 3.64. The Bertz CT molecular complexity index is 456. The number of halogens is 3. The second-order valence-corrected chi connectivity index (χ2v) is 6.29. The Labute approximate surface area is 125 Å². The van der Waals surface area contributed by atoms with Gasteiger partial charge >= 0.3 is 0 Å². The van der Waals surface area contributed by atoms with E-state index in [1.54, 1.807) is 6.07 Å². The van der Waals surface area contributed by atoms with Gasteiger partial charge in [-0.3, -0.25) is 4.79 Å². The van der Waals surface area contributed by atoms with Gasteiger partial charge in [0.1, 0.15) is 5.82 Å². The molecule has 0 unspecified atom stereocenters. The molecule has 19 heavy (non-hydrogen) atoms. The van der Waals surface area contributed by atoms with E-state index in [4.69, 9.17) is 11.6 Å². The van der Waals surface area contributed by atoms with Crippen molar-refractivity contribution in [1.82, 2.24) is 5.32 Å². The van der Waals surface area contributed by atoms with Crippen LogP contribution in [0.15, 0.2) is 18.2 Å². The van der Waals surface area contributed by atoms with Crippen molar-refractivity contribution in [3.63, 3.8) is 0 Å². The molecule has 1 N–H and O–H groups in total. The van der Waals surface area contributed by atoms with E-state index in [0.29, 0.717) is 11.6 Å². The van der Waals surface area contributed by atoms with Crippen LogP contribution in [0, 0.1) is 11.2 Å². The zero-order valence-electron chi connectivity index (χ0n) is 10.5. The molecule has 1 aromatic rings. The lowest BCUT2D eigenvalue weighted by molar-refractivity contribution is -0.120. The topological polar surface area (TPSA) is 29.1 Å². The van der Waals surface area contributed by atoms with Gasteiger partial charge in [-0.25, -0.2) is 4.39 Å². The van der Waals surface area contributed by atoms with Crippen LogP contribution < -0.4 is 5.32 Å². The Morgan fingerprint density at radius 1 is 1.47 bits per heavy atom. The lowest BCUT2D eigenvalue weighted by atomic mass is 10.0. The zero-order chi connectivity index (χ0) is 13.9. The molecule has 1 amide bonds. The smallest absolute Gasteiger partial charge is 0.224 e. The number of carbonyl (C=O) groups excluding carboxylic acids is 1. The van der Waals surface area contributed by atoms with Gasteiger partial charge in [-0.2, -0.15) is 0 Å². The first kappa shape index (κ1) is 14.8. The maximum Gasteiger partial charge on any atom is 0.224 e. The number of benzene rings is 1. The van der Waals surface area contributed by atoms with E-state index in [2.05, 4.69) is 21.2 Å². The van der Waals surface area contributed by atoms with Crippen LogP contribution in [0.25, 0.3) is 0 Å². The zero-order valence-corrected chi connectivity index (χ0v) is 12.9. The fraction of sp³-hybridized carbons (Fsp3) is 0.500. The minimum atomic E-state index is -0.427. The van der Waals surface area contributed by atoms with E-state index in [-0.39, 0.29) is 23.3 Å². The number of hydrogen-bond acceptors (Lipinski definition) is 1. The van der Waals surface area contributed by atoms with Crippen LogP contribution in [0.3, 0.4) is 0 Å². The molecular weight excluding hydrogens is 333 g/mol. The predicted octanol–water partition coefficient (Wildman–Crippen LogP) is 3.70. The van der Waals surface area contributed by atoms with E-state index < -0.39 is 5.82 Å². The van der Waals surface area contributed by atoms with E-state index >= 15 is 0 Å². The molecule has 2 nitrogen and oxygen atoms in total. The molecule has 0 heterocycles. The Balaban J connectivity index is 1.88. The summed E-state index contributed by atoms with van der Waals surface area (Å²) in [6, 6.07) is 4.45. The molecule has 0 aliphatic heterocycles. The van der Waals surface area contributed by atoms with Crippen LogP contribution in [0.5, 0.6) is 0 Å². The quantitative estimate of drug-likeness (QED) is 0.780. The van der Waals surface area contributed by atoms with Crippen molar-refractivity contribution in [2.75, 3.05) is 11.9 Å². The van der Waals surface area contributed by atoms with Gasteiger partial charge in [0, 0.05) is 22.5 Å². The number of carbonyl (C=O) groups is 1. The highest BCUT2D eigenvalue weighted by Gasteiger charge is 2.41. The molecule has 1 aromatic carbocycles. The summed E-state index contributed by atoms with van der Waals surface area (Å²) < 4.78 is 13.5. The van der Waals surface area contributed by atoms with Crippen molar-refractivity contribution in [1.29, 1.82) is 0 Å². The number of rotatable bonds is 6. The van der Waals surface area contributed by atoms with Crippen LogP contribution in [-0.4, -0.2) is 17.8 Å². The van der Waals surface area contributed by atoms with E-state index in [1.165, 1.54) is 12.1 Å². The second-order valence-electron chi connectivity index (χ2n) is 5.09. The summed E-state index contributed by atoms with van der Waals surface area (Å²) in [7, 11) is 0. The first-order valence-electron chi connectivity index (χ1n) is 6.32. The minimum Gasteiger partial charge on any atom is -0.355 e. The normalized spacial score (nSPS) is 16.2. The summed E-state index contributed by atoms with van der Waals surface area (Å²) in [5.74, 6) is -0.600. The number of amides is 1. The van der Waals surface area contributed by atoms with Crippen LogP contribution in [-0.2, 0) is 11.2 Å². The number of alkyl halides is 1. The molecule has 0 aromatic heterocycles. The van der Waals surface area contributed by atoms with Gasteiger partial charge in [0.15, 0.2) is 0 Å². The first-order valence-corrected chi connectivity index (χ1v) is 7.82. The number of nitrogens with one attached hydrogen (secondary N) is 1. The highest BCUT2D eigenvalue weighted by molar-refractivity contribution is 9.09. The molecule has 2 rings (SSSR count). The van der Waals surface area contributed by atoms with Crippen molar-refractivity contribution in [3.8, 4) is 0 Å². The Kier molecular flexibility index (Phi) is 4.85. The second kappa shape index (κ2) is 6.23. The fourth-order valence-corrected chi connectivity index (χ4v) is 3.17. The van der Waals surface area contributed by atoms with E-state index in [9.17, 15) is 9.18 Å². The molecule has 0 bridgehead atoms. The summed E-state index contributed by atoms with van der Waals surface area (Å²) in [6.45, 7) is 0.670. The van der Waals surface area contributed by atoms with Crippen molar-refractivity contribution >= 4 is 33.4 Å². The molecular formula is C14H16BrClFNO. The van der Waals surface area contributed by atoms with E-state index in [0.717, 1.165) is 24.6 Å². The minimum absolute atomic E-state index is 0.00407. The summed E-state index contributed by atoms with van der Waals surface area (Å²) >= 11 is 9.32. The summed E-state index contributed by atoms with van der Waals surface area (Å²) in [5.41, 5.74) is 0.532. The van der Waals surface area contributed by atoms with Crippen LogP contribution in [0.4, 0.5) is 4.39 Å². The highest BCUT2D eigenvalue weighted by Crippen LogP contribution is 2.48. The SMILES string of the molecule is O=C(Cc1c(F)cccc1Cl)NCC1(CCBr)CC1. The predicted molar refractivity (Wildman–Crippen MR) is 78.2 cm³/mol. The monoisotopic (exact) mass is 347 g/mol. The average Bonchev–Trinajstić information content (AvgIpc) is 3.13. The van der Waals surface area contributed by atoms with Gasteiger partial charge in [-0.1, -0.05) is 33.6 Å². The maximum absolute atomic E-state index is 13.5. The van der Waals surface area contributed by atoms with Crippen LogP contribution >= 0.6 is 27.5 Å². The van der Waals surface area contributed by atoms with Gasteiger partial charge < -0.3 is 5.32 Å². The van der Waals surface area contributed by atoms with Crippen molar-refractivity contribution < 1.29 is 9.18 Å². The molecule has 0 saturated heterocycles. The largest absolute Gasteiger partial charge is 0.355 e. The van der Waals surface area contributed by atoms with Crippen LogP contribution in [0.2, 0.25) is 5.02 Å². The number of hydrogen-bond donors (Lipinski definition) is 1. The Morgan fingerprint density at radius 3 is 2.79 bits per heavy atom. The first-order chi connectivity index (χ1) is 9.06. The van der Waals surface area contributed by atoms with Gasteiger partial charge in [-0.15, -0.1) is 0 Å². The molecule has 1 aliphatic rings. The van der Waals surface area contributed by atoms with Crippen molar-refractivity contribution in [2.24, 2.45) is 5.41 Å².